The zero-order valence-electron chi connectivity index (χ0n) is 12.0. The summed E-state index contributed by atoms with van der Waals surface area (Å²) in [5, 5.41) is 9.97. The van der Waals surface area contributed by atoms with Gasteiger partial charge >= 0.3 is 0 Å². The van der Waals surface area contributed by atoms with Crippen LogP contribution in [0, 0.1) is 11.3 Å². The molecule has 2 heterocycles. The monoisotopic (exact) mass is 271 g/mol. The maximum atomic E-state index is 9.97. The summed E-state index contributed by atoms with van der Waals surface area (Å²) in [5.74, 6) is 0.880. The molecular weight excluding hydrogens is 250 g/mol. The number of likely N-dealkylation sites (N-methyl/N-ethyl adjacent to an activating group) is 1. The van der Waals surface area contributed by atoms with Crippen molar-refractivity contribution in [2.45, 2.75) is 18.4 Å². The third-order valence-electron chi connectivity index (χ3n) is 4.50. The smallest absolute Gasteiger partial charge is 0.138 e. The summed E-state index contributed by atoms with van der Waals surface area (Å²) in [6, 6.07) is 10.7. The highest BCUT2D eigenvalue weighted by atomic mass is 16.5. The molecule has 1 fully saturated rings. The highest BCUT2D eigenvalue weighted by molar-refractivity contribution is 5.44. The average molecular weight is 271 g/mol. The molecule has 1 saturated heterocycles. The van der Waals surface area contributed by atoms with Crippen molar-refractivity contribution in [3.63, 3.8) is 0 Å². The Labute approximate surface area is 120 Å². The van der Waals surface area contributed by atoms with Crippen LogP contribution < -0.4 is 4.74 Å². The summed E-state index contributed by atoms with van der Waals surface area (Å²) in [6.45, 7) is 4.63. The predicted octanol–water partition coefficient (Wildman–Crippen LogP) is 1.83. The van der Waals surface area contributed by atoms with Crippen molar-refractivity contribution in [3.05, 3.63) is 29.8 Å². The second kappa shape index (κ2) is 5.43. The summed E-state index contributed by atoms with van der Waals surface area (Å²) >= 11 is 0. The molecule has 0 bridgehead atoms. The lowest BCUT2D eigenvalue weighted by Gasteiger charge is -2.43. The van der Waals surface area contributed by atoms with Gasteiger partial charge in [-0.15, -0.1) is 0 Å². The topological polar surface area (TPSA) is 39.5 Å². The molecule has 0 saturated carbocycles. The van der Waals surface area contributed by atoms with Crippen molar-refractivity contribution in [2.75, 3.05) is 39.8 Å². The van der Waals surface area contributed by atoms with E-state index >= 15 is 0 Å². The number of nitrogens with zero attached hydrogens (tertiary/aromatic N) is 3. The molecule has 1 atom stereocenters. The van der Waals surface area contributed by atoms with Gasteiger partial charge in [-0.3, -0.25) is 4.90 Å². The Balaban J connectivity index is 2.01. The molecule has 4 heteroatoms. The Morgan fingerprint density at radius 2 is 1.95 bits per heavy atom. The molecule has 0 amide bonds. The van der Waals surface area contributed by atoms with Crippen LogP contribution in [0.1, 0.15) is 18.4 Å². The zero-order valence-corrected chi connectivity index (χ0v) is 12.0. The molecule has 0 radical (unpaired) electrons. The minimum atomic E-state index is -0.519. The van der Waals surface area contributed by atoms with E-state index in [9.17, 15) is 5.26 Å². The number of rotatable bonds is 1. The van der Waals surface area contributed by atoms with Gasteiger partial charge in [0, 0.05) is 31.7 Å². The second-order valence-corrected chi connectivity index (χ2v) is 5.71. The Morgan fingerprint density at radius 3 is 2.70 bits per heavy atom. The van der Waals surface area contributed by atoms with Crippen molar-refractivity contribution >= 4 is 0 Å². The molecule has 0 aliphatic carbocycles. The first-order valence-electron chi connectivity index (χ1n) is 7.33. The van der Waals surface area contributed by atoms with Crippen molar-refractivity contribution in [3.8, 4) is 11.8 Å². The standard InChI is InChI=1S/C16H21N3O/c1-18-8-10-19(11-9-18)16(13-17)7-4-12-20-15-6-3-2-5-14(15)16/h2-3,5-6H,4,7-12H2,1H3. The Morgan fingerprint density at radius 1 is 1.20 bits per heavy atom. The minimum Gasteiger partial charge on any atom is -0.493 e. The molecule has 4 nitrogen and oxygen atoms in total. The zero-order chi connectivity index (χ0) is 14.0. The lowest BCUT2D eigenvalue weighted by molar-refractivity contribution is 0.0666. The molecule has 106 valence electrons. The first kappa shape index (κ1) is 13.4. The molecule has 2 aliphatic rings. The molecule has 0 N–H and O–H groups in total. The fourth-order valence-corrected chi connectivity index (χ4v) is 3.28. The number of benzene rings is 1. The molecule has 1 aromatic carbocycles. The fraction of sp³-hybridized carbons (Fsp3) is 0.562. The first-order valence-corrected chi connectivity index (χ1v) is 7.33. The van der Waals surface area contributed by atoms with Gasteiger partial charge in [0.1, 0.15) is 11.3 Å². The summed E-state index contributed by atoms with van der Waals surface area (Å²) in [7, 11) is 2.14. The number of hydrogen-bond donors (Lipinski definition) is 0. The van der Waals surface area contributed by atoms with E-state index in [1.54, 1.807) is 0 Å². The predicted molar refractivity (Wildman–Crippen MR) is 77.5 cm³/mol. The maximum Gasteiger partial charge on any atom is 0.138 e. The minimum absolute atomic E-state index is 0.519. The Bertz CT molecular complexity index is 517. The van der Waals surface area contributed by atoms with E-state index in [1.807, 2.05) is 18.2 Å². The maximum absolute atomic E-state index is 9.97. The van der Waals surface area contributed by atoms with Gasteiger partial charge in [0.15, 0.2) is 0 Å². The van der Waals surface area contributed by atoms with Crippen LogP contribution in [0.15, 0.2) is 24.3 Å². The van der Waals surface area contributed by atoms with Gasteiger partial charge in [0.2, 0.25) is 0 Å². The van der Waals surface area contributed by atoms with E-state index in [-0.39, 0.29) is 0 Å². The Hall–Kier alpha value is -1.57. The molecule has 1 aromatic rings. The quantitative estimate of drug-likeness (QED) is 0.781. The van der Waals surface area contributed by atoms with E-state index in [1.165, 1.54) is 0 Å². The fourth-order valence-electron chi connectivity index (χ4n) is 3.28. The molecule has 0 aromatic heterocycles. The molecular formula is C16H21N3O. The molecule has 3 rings (SSSR count). The lowest BCUT2D eigenvalue weighted by atomic mass is 9.84. The number of piperazine rings is 1. The van der Waals surface area contributed by atoms with Gasteiger partial charge < -0.3 is 9.64 Å². The van der Waals surface area contributed by atoms with Crippen LogP contribution in [0.4, 0.5) is 0 Å². The van der Waals surface area contributed by atoms with Crippen LogP contribution in [0.3, 0.4) is 0 Å². The van der Waals surface area contributed by atoms with E-state index < -0.39 is 5.54 Å². The van der Waals surface area contributed by atoms with Crippen molar-refractivity contribution in [1.29, 1.82) is 5.26 Å². The van der Waals surface area contributed by atoms with E-state index in [4.69, 9.17) is 4.74 Å². The number of ether oxygens (including phenoxy) is 1. The van der Waals surface area contributed by atoms with Crippen LogP contribution in [-0.4, -0.2) is 49.6 Å². The normalized spacial score (nSPS) is 28.0. The number of hydrogen-bond acceptors (Lipinski definition) is 4. The van der Waals surface area contributed by atoms with Gasteiger partial charge in [-0.1, -0.05) is 18.2 Å². The highest BCUT2D eigenvalue weighted by Crippen LogP contribution is 2.40. The van der Waals surface area contributed by atoms with Crippen LogP contribution in [0.25, 0.3) is 0 Å². The van der Waals surface area contributed by atoms with Crippen LogP contribution in [0.5, 0.6) is 5.75 Å². The largest absolute Gasteiger partial charge is 0.493 e. The SMILES string of the molecule is CN1CCN(C2(C#N)CCCOc3ccccc32)CC1. The Kier molecular flexibility index (Phi) is 3.64. The van der Waals surface area contributed by atoms with Crippen LogP contribution in [0.2, 0.25) is 0 Å². The van der Waals surface area contributed by atoms with Crippen molar-refractivity contribution in [1.82, 2.24) is 9.80 Å². The first-order chi connectivity index (χ1) is 9.76. The highest BCUT2D eigenvalue weighted by Gasteiger charge is 2.42. The van der Waals surface area contributed by atoms with Crippen molar-refractivity contribution < 1.29 is 4.74 Å². The van der Waals surface area contributed by atoms with Crippen LogP contribution in [-0.2, 0) is 5.54 Å². The summed E-state index contributed by atoms with van der Waals surface area (Å²) in [6.07, 6.45) is 1.78. The number of fused-ring (bicyclic) bond motifs is 1. The van der Waals surface area contributed by atoms with E-state index in [0.717, 1.165) is 50.3 Å². The van der Waals surface area contributed by atoms with Gasteiger partial charge in [0.05, 0.1) is 12.7 Å². The molecule has 1 unspecified atom stereocenters. The molecule has 0 spiro atoms. The third kappa shape index (κ3) is 2.17. The average Bonchev–Trinajstić information content (AvgIpc) is 2.68. The summed E-state index contributed by atoms with van der Waals surface area (Å²) in [4.78, 5) is 4.67. The second-order valence-electron chi connectivity index (χ2n) is 5.71. The number of nitriles is 1. The van der Waals surface area contributed by atoms with Crippen molar-refractivity contribution in [2.24, 2.45) is 0 Å². The third-order valence-corrected chi connectivity index (χ3v) is 4.50. The summed E-state index contributed by atoms with van der Waals surface area (Å²) < 4.78 is 5.83. The number of para-hydroxylation sites is 1. The van der Waals surface area contributed by atoms with Crippen LogP contribution >= 0.6 is 0 Å². The molecule has 2 aliphatic heterocycles. The van der Waals surface area contributed by atoms with E-state index in [0.29, 0.717) is 6.61 Å². The summed E-state index contributed by atoms with van der Waals surface area (Å²) in [5.41, 5.74) is 0.526. The van der Waals surface area contributed by atoms with E-state index in [2.05, 4.69) is 29.0 Å². The lowest BCUT2D eigenvalue weighted by Crippen LogP contribution is -2.54. The van der Waals surface area contributed by atoms with Gasteiger partial charge in [-0.2, -0.15) is 5.26 Å². The van der Waals surface area contributed by atoms with Gasteiger partial charge in [-0.25, -0.2) is 0 Å². The van der Waals surface area contributed by atoms with Gasteiger partial charge in [-0.05, 0) is 26.0 Å². The molecule has 20 heavy (non-hydrogen) atoms. The van der Waals surface area contributed by atoms with Gasteiger partial charge in [0.25, 0.3) is 0 Å².